The molecule has 3 rings (SSSR count). The van der Waals surface area contributed by atoms with Gasteiger partial charge in [0.15, 0.2) is 0 Å². The van der Waals surface area contributed by atoms with Crippen LogP contribution in [0.1, 0.15) is 56.1 Å². The number of aryl methyl sites for hydroxylation is 1. The van der Waals surface area contributed by atoms with Crippen molar-refractivity contribution in [1.29, 1.82) is 0 Å². The molecule has 1 saturated heterocycles. The second-order valence-electron chi connectivity index (χ2n) is 6.64. The van der Waals surface area contributed by atoms with E-state index in [2.05, 4.69) is 9.97 Å². The number of morpholine rings is 1. The number of aromatic nitrogens is 2. The van der Waals surface area contributed by atoms with Crippen molar-refractivity contribution in [2.24, 2.45) is 5.92 Å². The Kier molecular flexibility index (Phi) is 5.10. The SMILES string of the molecule is Cc1nc([C@H]2COCCN2C(=O)CC2CCCCC2)cc(=O)[nH]1. The molecule has 1 N–H and O–H groups in total. The molecule has 6 heteroatoms. The van der Waals surface area contributed by atoms with Gasteiger partial charge >= 0.3 is 0 Å². The van der Waals surface area contributed by atoms with Gasteiger partial charge in [-0.05, 0) is 25.7 Å². The first-order chi connectivity index (χ1) is 11.1. The summed E-state index contributed by atoms with van der Waals surface area (Å²) in [5.41, 5.74) is 0.445. The van der Waals surface area contributed by atoms with Gasteiger partial charge in [-0.25, -0.2) is 4.98 Å². The molecule has 1 amide bonds. The molecular formula is C17H25N3O3. The molecule has 23 heavy (non-hydrogen) atoms. The molecule has 0 unspecified atom stereocenters. The van der Waals surface area contributed by atoms with Gasteiger partial charge < -0.3 is 14.6 Å². The van der Waals surface area contributed by atoms with Gasteiger partial charge in [-0.1, -0.05) is 19.3 Å². The van der Waals surface area contributed by atoms with Gasteiger partial charge in [0, 0.05) is 19.0 Å². The zero-order valence-electron chi connectivity index (χ0n) is 13.7. The largest absolute Gasteiger partial charge is 0.377 e. The number of hydrogen-bond acceptors (Lipinski definition) is 4. The molecule has 1 aromatic rings. The first-order valence-electron chi connectivity index (χ1n) is 8.58. The number of carbonyl (C=O) groups is 1. The van der Waals surface area contributed by atoms with Crippen molar-refractivity contribution in [1.82, 2.24) is 14.9 Å². The molecule has 1 aliphatic carbocycles. The molecule has 1 aromatic heterocycles. The van der Waals surface area contributed by atoms with Gasteiger partial charge in [-0.3, -0.25) is 9.59 Å². The summed E-state index contributed by atoms with van der Waals surface area (Å²) in [7, 11) is 0. The van der Waals surface area contributed by atoms with Crippen molar-refractivity contribution in [3.05, 3.63) is 27.9 Å². The van der Waals surface area contributed by atoms with Crippen molar-refractivity contribution < 1.29 is 9.53 Å². The standard InChI is InChI=1S/C17H25N3O3/c1-12-18-14(10-16(21)19-12)15-11-23-8-7-20(15)17(22)9-13-5-3-2-4-6-13/h10,13,15H,2-9,11H2,1H3,(H,18,19,21)/t15-/m1/s1. The van der Waals surface area contributed by atoms with Crippen LogP contribution in [0, 0.1) is 12.8 Å². The van der Waals surface area contributed by atoms with E-state index in [0.29, 0.717) is 43.6 Å². The molecule has 1 saturated carbocycles. The number of rotatable bonds is 3. The average molecular weight is 319 g/mol. The number of amides is 1. The number of ether oxygens (including phenoxy) is 1. The third-order valence-electron chi connectivity index (χ3n) is 4.86. The number of nitrogens with zero attached hydrogens (tertiary/aromatic N) is 2. The molecule has 2 heterocycles. The zero-order chi connectivity index (χ0) is 16.2. The van der Waals surface area contributed by atoms with E-state index in [1.54, 1.807) is 6.92 Å². The summed E-state index contributed by atoms with van der Waals surface area (Å²) in [6.07, 6.45) is 6.68. The Morgan fingerprint density at radius 3 is 2.91 bits per heavy atom. The van der Waals surface area contributed by atoms with Crippen molar-refractivity contribution in [3.63, 3.8) is 0 Å². The van der Waals surface area contributed by atoms with Gasteiger partial charge in [0.05, 0.1) is 24.9 Å². The molecule has 0 bridgehead atoms. The lowest BCUT2D eigenvalue weighted by molar-refractivity contribution is -0.141. The Morgan fingerprint density at radius 2 is 2.17 bits per heavy atom. The Morgan fingerprint density at radius 1 is 1.39 bits per heavy atom. The van der Waals surface area contributed by atoms with Gasteiger partial charge in [-0.15, -0.1) is 0 Å². The van der Waals surface area contributed by atoms with Gasteiger partial charge in [0.25, 0.3) is 5.56 Å². The van der Waals surface area contributed by atoms with Crippen LogP contribution in [0.4, 0.5) is 0 Å². The summed E-state index contributed by atoms with van der Waals surface area (Å²) in [6.45, 7) is 3.29. The third-order valence-corrected chi connectivity index (χ3v) is 4.86. The number of aromatic amines is 1. The van der Waals surface area contributed by atoms with E-state index in [1.165, 1.54) is 25.3 Å². The summed E-state index contributed by atoms with van der Waals surface area (Å²) in [6, 6.07) is 1.23. The van der Waals surface area contributed by atoms with Crippen molar-refractivity contribution in [2.75, 3.05) is 19.8 Å². The zero-order valence-corrected chi connectivity index (χ0v) is 13.7. The van der Waals surface area contributed by atoms with Crippen LogP contribution in [0.3, 0.4) is 0 Å². The third kappa shape index (κ3) is 3.99. The van der Waals surface area contributed by atoms with E-state index in [9.17, 15) is 9.59 Å². The molecule has 0 spiro atoms. The van der Waals surface area contributed by atoms with Gasteiger partial charge in [0.2, 0.25) is 5.91 Å². The monoisotopic (exact) mass is 319 g/mol. The Bertz CT molecular complexity index is 607. The molecule has 0 radical (unpaired) electrons. The minimum Gasteiger partial charge on any atom is -0.377 e. The molecule has 6 nitrogen and oxygen atoms in total. The summed E-state index contributed by atoms with van der Waals surface area (Å²) in [4.78, 5) is 33.4. The molecule has 1 aliphatic heterocycles. The van der Waals surface area contributed by atoms with Gasteiger partial charge in [0.1, 0.15) is 5.82 Å². The highest BCUT2D eigenvalue weighted by Crippen LogP contribution is 2.29. The minimum atomic E-state index is -0.249. The minimum absolute atomic E-state index is 0.171. The fourth-order valence-electron chi connectivity index (χ4n) is 3.68. The van der Waals surface area contributed by atoms with Crippen LogP contribution in [-0.4, -0.2) is 40.5 Å². The van der Waals surface area contributed by atoms with Crippen LogP contribution >= 0.6 is 0 Å². The summed E-state index contributed by atoms with van der Waals surface area (Å²) in [5, 5.41) is 0. The highest BCUT2D eigenvalue weighted by Gasteiger charge is 2.31. The first kappa shape index (κ1) is 16.2. The van der Waals surface area contributed by atoms with Crippen LogP contribution in [0.2, 0.25) is 0 Å². The van der Waals surface area contributed by atoms with Crippen molar-refractivity contribution >= 4 is 5.91 Å². The predicted octanol–water partition coefficient (Wildman–Crippen LogP) is 1.95. The van der Waals surface area contributed by atoms with Crippen molar-refractivity contribution in [2.45, 2.75) is 51.5 Å². The van der Waals surface area contributed by atoms with E-state index >= 15 is 0 Å². The van der Waals surface area contributed by atoms with E-state index in [0.717, 1.165) is 12.8 Å². The number of nitrogens with one attached hydrogen (secondary N) is 1. The highest BCUT2D eigenvalue weighted by atomic mass is 16.5. The molecule has 1 atom stereocenters. The van der Waals surface area contributed by atoms with Crippen LogP contribution in [0.5, 0.6) is 0 Å². The maximum atomic E-state index is 12.8. The quantitative estimate of drug-likeness (QED) is 0.924. The average Bonchev–Trinajstić information content (AvgIpc) is 2.55. The summed E-state index contributed by atoms with van der Waals surface area (Å²) >= 11 is 0. The van der Waals surface area contributed by atoms with Gasteiger partial charge in [-0.2, -0.15) is 0 Å². The first-order valence-corrected chi connectivity index (χ1v) is 8.58. The maximum Gasteiger partial charge on any atom is 0.251 e. The molecule has 126 valence electrons. The number of carbonyl (C=O) groups excluding carboxylic acids is 1. The second kappa shape index (κ2) is 7.25. The van der Waals surface area contributed by atoms with E-state index in [-0.39, 0.29) is 17.5 Å². The molecular weight excluding hydrogens is 294 g/mol. The summed E-state index contributed by atoms with van der Waals surface area (Å²) in [5.74, 6) is 1.25. The van der Waals surface area contributed by atoms with Crippen LogP contribution < -0.4 is 5.56 Å². The Hall–Kier alpha value is -1.69. The van der Waals surface area contributed by atoms with Crippen LogP contribution in [0.25, 0.3) is 0 Å². The van der Waals surface area contributed by atoms with Crippen molar-refractivity contribution in [3.8, 4) is 0 Å². The van der Waals surface area contributed by atoms with E-state index in [1.807, 2.05) is 4.90 Å². The Balaban J connectivity index is 1.75. The highest BCUT2D eigenvalue weighted by molar-refractivity contribution is 5.77. The van der Waals surface area contributed by atoms with Crippen LogP contribution in [0.15, 0.2) is 10.9 Å². The fraction of sp³-hybridized carbons (Fsp3) is 0.706. The molecule has 2 fully saturated rings. The number of H-pyrrole nitrogens is 1. The number of hydrogen-bond donors (Lipinski definition) is 1. The molecule has 0 aromatic carbocycles. The second-order valence-corrected chi connectivity index (χ2v) is 6.64. The molecule has 2 aliphatic rings. The lowest BCUT2D eigenvalue weighted by atomic mass is 9.86. The lowest BCUT2D eigenvalue weighted by Crippen LogP contribution is -2.44. The van der Waals surface area contributed by atoms with Crippen LogP contribution in [-0.2, 0) is 9.53 Å². The fourth-order valence-corrected chi connectivity index (χ4v) is 3.68. The lowest BCUT2D eigenvalue weighted by Gasteiger charge is -2.36. The maximum absolute atomic E-state index is 12.8. The predicted molar refractivity (Wildman–Crippen MR) is 86.1 cm³/mol. The Labute approximate surface area is 136 Å². The smallest absolute Gasteiger partial charge is 0.251 e. The normalized spacial score (nSPS) is 23.0. The van der Waals surface area contributed by atoms with E-state index < -0.39 is 0 Å². The van der Waals surface area contributed by atoms with E-state index in [4.69, 9.17) is 4.74 Å². The topological polar surface area (TPSA) is 75.3 Å². The summed E-state index contributed by atoms with van der Waals surface area (Å²) < 4.78 is 5.54.